The van der Waals surface area contributed by atoms with Crippen molar-refractivity contribution in [2.45, 2.75) is 37.8 Å². The van der Waals surface area contributed by atoms with Crippen LogP contribution in [-0.2, 0) is 9.53 Å². The molecule has 2 rings (SSSR count). The Labute approximate surface area is 132 Å². The van der Waals surface area contributed by atoms with E-state index in [1.165, 1.54) is 6.20 Å². The predicted octanol–water partition coefficient (Wildman–Crippen LogP) is 0.715. The summed E-state index contributed by atoms with van der Waals surface area (Å²) in [7, 11) is 3.89. The Morgan fingerprint density at radius 1 is 1.45 bits per heavy atom. The van der Waals surface area contributed by atoms with Gasteiger partial charge in [0.05, 0.1) is 6.10 Å². The van der Waals surface area contributed by atoms with Crippen LogP contribution < -0.4 is 5.32 Å². The van der Waals surface area contributed by atoms with Gasteiger partial charge in [-0.05, 0) is 45.8 Å². The standard InChI is InChI=1S/C16H26N4O2/c1-19-7-5-14(6-8-19)20(2)16(21)13(10-17)11-18-12-15-4-3-9-22-15/h11,14-15,18H,3-9,12H2,1-2H3/b13-11-. The first-order valence-electron chi connectivity index (χ1n) is 8.02. The average molecular weight is 306 g/mol. The van der Waals surface area contributed by atoms with Crippen LogP contribution in [-0.4, -0.2) is 68.2 Å². The second kappa shape index (κ2) is 8.16. The van der Waals surface area contributed by atoms with E-state index in [0.717, 1.165) is 45.4 Å². The molecule has 0 aromatic heterocycles. The third-order valence-electron chi connectivity index (χ3n) is 4.52. The smallest absolute Gasteiger partial charge is 0.265 e. The second-order valence-corrected chi connectivity index (χ2v) is 6.16. The molecule has 2 aliphatic rings. The normalized spacial score (nSPS) is 24.0. The molecule has 0 radical (unpaired) electrons. The van der Waals surface area contributed by atoms with Crippen molar-refractivity contribution in [3.05, 3.63) is 11.8 Å². The number of hydrogen-bond donors (Lipinski definition) is 1. The maximum atomic E-state index is 12.4. The molecule has 6 nitrogen and oxygen atoms in total. The first-order valence-corrected chi connectivity index (χ1v) is 8.02. The molecule has 0 aliphatic carbocycles. The lowest BCUT2D eigenvalue weighted by Crippen LogP contribution is -2.45. The number of piperidine rings is 1. The molecule has 2 heterocycles. The Bertz CT molecular complexity index is 444. The number of likely N-dealkylation sites (tertiary alicyclic amines) is 1. The Kier molecular flexibility index (Phi) is 6.22. The molecule has 1 N–H and O–H groups in total. The van der Waals surface area contributed by atoms with Gasteiger partial charge in [-0.1, -0.05) is 0 Å². The largest absolute Gasteiger partial charge is 0.387 e. The third kappa shape index (κ3) is 4.46. The maximum absolute atomic E-state index is 12.4. The third-order valence-corrected chi connectivity index (χ3v) is 4.52. The fraction of sp³-hybridized carbons (Fsp3) is 0.750. The molecular weight excluding hydrogens is 280 g/mol. The number of carbonyl (C=O) groups is 1. The number of amides is 1. The number of rotatable bonds is 5. The molecule has 6 heteroatoms. The van der Waals surface area contributed by atoms with E-state index in [1.54, 1.807) is 11.9 Å². The molecule has 2 saturated heterocycles. The first-order chi connectivity index (χ1) is 10.6. The molecule has 22 heavy (non-hydrogen) atoms. The van der Waals surface area contributed by atoms with Crippen molar-refractivity contribution in [2.75, 3.05) is 40.3 Å². The van der Waals surface area contributed by atoms with E-state index in [2.05, 4.69) is 17.3 Å². The number of nitrogens with zero attached hydrogens (tertiary/aromatic N) is 3. The Balaban J connectivity index is 1.85. The van der Waals surface area contributed by atoms with E-state index < -0.39 is 0 Å². The molecule has 2 fully saturated rings. The summed E-state index contributed by atoms with van der Waals surface area (Å²) in [6, 6.07) is 2.23. The summed E-state index contributed by atoms with van der Waals surface area (Å²) in [6.07, 6.45) is 5.76. The van der Waals surface area contributed by atoms with Crippen LogP contribution in [0, 0.1) is 11.3 Å². The molecule has 122 valence electrons. The van der Waals surface area contributed by atoms with Crippen LogP contribution in [0.5, 0.6) is 0 Å². The quantitative estimate of drug-likeness (QED) is 0.598. The van der Waals surface area contributed by atoms with Gasteiger partial charge in [0.25, 0.3) is 5.91 Å². The second-order valence-electron chi connectivity index (χ2n) is 6.16. The molecule has 1 amide bonds. The topological polar surface area (TPSA) is 68.6 Å². The summed E-state index contributed by atoms with van der Waals surface area (Å²) in [5.41, 5.74) is 0.166. The Morgan fingerprint density at radius 2 is 2.18 bits per heavy atom. The van der Waals surface area contributed by atoms with Crippen LogP contribution in [0.1, 0.15) is 25.7 Å². The van der Waals surface area contributed by atoms with Gasteiger partial charge in [-0.3, -0.25) is 4.79 Å². The van der Waals surface area contributed by atoms with Gasteiger partial charge in [-0.2, -0.15) is 5.26 Å². The highest BCUT2D eigenvalue weighted by Crippen LogP contribution is 2.16. The van der Waals surface area contributed by atoms with Crippen molar-refractivity contribution in [1.82, 2.24) is 15.1 Å². The summed E-state index contributed by atoms with van der Waals surface area (Å²) in [5.74, 6) is -0.197. The van der Waals surface area contributed by atoms with Gasteiger partial charge >= 0.3 is 0 Å². The number of nitriles is 1. The summed E-state index contributed by atoms with van der Waals surface area (Å²) in [6.45, 7) is 3.44. The lowest BCUT2D eigenvalue weighted by Gasteiger charge is -2.35. The molecule has 0 aromatic rings. The van der Waals surface area contributed by atoms with Crippen molar-refractivity contribution >= 4 is 5.91 Å². The van der Waals surface area contributed by atoms with E-state index in [4.69, 9.17) is 4.74 Å². The zero-order valence-corrected chi connectivity index (χ0v) is 13.5. The fourth-order valence-corrected chi connectivity index (χ4v) is 2.98. The van der Waals surface area contributed by atoms with Crippen molar-refractivity contribution in [3.63, 3.8) is 0 Å². The van der Waals surface area contributed by atoms with Gasteiger partial charge in [-0.15, -0.1) is 0 Å². The molecule has 0 saturated carbocycles. The van der Waals surface area contributed by atoms with Crippen LogP contribution in [0.4, 0.5) is 0 Å². The van der Waals surface area contributed by atoms with Gasteiger partial charge in [0.2, 0.25) is 0 Å². The molecule has 0 aromatic carbocycles. The van der Waals surface area contributed by atoms with E-state index in [-0.39, 0.29) is 23.6 Å². The molecule has 1 unspecified atom stereocenters. The number of nitrogens with one attached hydrogen (secondary N) is 1. The number of hydrogen-bond acceptors (Lipinski definition) is 5. The van der Waals surface area contributed by atoms with Crippen LogP contribution in [0.2, 0.25) is 0 Å². The lowest BCUT2D eigenvalue weighted by molar-refractivity contribution is -0.128. The first kappa shape index (κ1) is 16.8. The molecule has 0 bridgehead atoms. The van der Waals surface area contributed by atoms with Crippen LogP contribution in [0.25, 0.3) is 0 Å². The van der Waals surface area contributed by atoms with Crippen molar-refractivity contribution < 1.29 is 9.53 Å². The molecule has 2 aliphatic heterocycles. The molecular formula is C16H26N4O2. The zero-order chi connectivity index (χ0) is 15.9. The number of carbonyl (C=O) groups excluding carboxylic acids is 1. The van der Waals surface area contributed by atoms with Crippen molar-refractivity contribution in [1.29, 1.82) is 5.26 Å². The summed E-state index contributed by atoms with van der Waals surface area (Å²) < 4.78 is 5.51. The lowest BCUT2D eigenvalue weighted by atomic mass is 10.0. The molecule has 0 spiro atoms. The Hall–Kier alpha value is -1.58. The van der Waals surface area contributed by atoms with E-state index in [9.17, 15) is 10.1 Å². The highest BCUT2D eigenvalue weighted by molar-refractivity contribution is 5.97. The van der Waals surface area contributed by atoms with E-state index in [0.29, 0.717) is 6.54 Å². The highest BCUT2D eigenvalue weighted by atomic mass is 16.5. The van der Waals surface area contributed by atoms with Crippen LogP contribution in [0.3, 0.4) is 0 Å². The Morgan fingerprint density at radius 3 is 2.77 bits per heavy atom. The van der Waals surface area contributed by atoms with Crippen molar-refractivity contribution in [2.24, 2.45) is 0 Å². The summed E-state index contributed by atoms with van der Waals surface area (Å²) >= 11 is 0. The minimum absolute atomic E-state index is 0.166. The number of ether oxygens (including phenoxy) is 1. The SMILES string of the molecule is CN1CCC(N(C)C(=O)/C(C#N)=C\NCC2CCCO2)CC1. The maximum Gasteiger partial charge on any atom is 0.265 e. The summed E-state index contributed by atoms with van der Waals surface area (Å²) in [4.78, 5) is 16.4. The fourth-order valence-electron chi connectivity index (χ4n) is 2.98. The van der Waals surface area contributed by atoms with E-state index >= 15 is 0 Å². The van der Waals surface area contributed by atoms with Crippen molar-refractivity contribution in [3.8, 4) is 6.07 Å². The van der Waals surface area contributed by atoms with Gasteiger partial charge < -0.3 is 19.9 Å². The minimum Gasteiger partial charge on any atom is -0.387 e. The predicted molar refractivity (Wildman–Crippen MR) is 84.0 cm³/mol. The average Bonchev–Trinajstić information content (AvgIpc) is 3.04. The van der Waals surface area contributed by atoms with Gasteiger partial charge in [0, 0.05) is 32.4 Å². The van der Waals surface area contributed by atoms with Gasteiger partial charge in [0.1, 0.15) is 11.6 Å². The minimum atomic E-state index is -0.197. The number of likely N-dealkylation sites (N-methyl/N-ethyl adjacent to an activating group) is 1. The van der Waals surface area contributed by atoms with E-state index in [1.807, 2.05) is 6.07 Å². The van der Waals surface area contributed by atoms with Crippen LogP contribution in [0.15, 0.2) is 11.8 Å². The van der Waals surface area contributed by atoms with Crippen LogP contribution >= 0.6 is 0 Å². The van der Waals surface area contributed by atoms with Gasteiger partial charge in [0.15, 0.2) is 0 Å². The molecule has 1 atom stereocenters. The van der Waals surface area contributed by atoms with Gasteiger partial charge in [-0.25, -0.2) is 0 Å². The summed E-state index contributed by atoms with van der Waals surface area (Å²) in [5, 5.41) is 12.3. The highest BCUT2D eigenvalue weighted by Gasteiger charge is 2.26. The monoisotopic (exact) mass is 306 g/mol. The zero-order valence-electron chi connectivity index (χ0n) is 13.5.